The first-order valence-electron chi connectivity index (χ1n) is 10.5. The van der Waals surface area contributed by atoms with Gasteiger partial charge in [-0.25, -0.2) is 0 Å². The maximum absolute atomic E-state index is 13.4. The van der Waals surface area contributed by atoms with Crippen molar-refractivity contribution >= 4 is 17.5 Å². The van der Waals surface area contributed by atoms with Crippen LogP contribution in [0.4, 0.5) is 0 Å². The van der Waals surface area contributed by atoms with Crippen LogP contribution in [0.2, 0.25) is 5.02 Å². The van der Waals surface area contributed by atoms with E-state index in [2.05, 4.69) is 22.4 Å². The van der Waals surface area contributed by atoms with Gasteiger partial charge in [-0.1, -0.05) is 23.7 Å². The topological polar surface area (TPSA) is 42.0 Å². The van der Waals surface area contributed by atoms with Crippen molar-refractivity contribution < 1.29 is 4.79 Å². The van der Waals surface area contributed by atoms with Gasteiger partial charge < -0.3 is 5.32 Å². The number of halogens is 1. The number of fused-ring (bicyclic) bond motifs is 2. The van der Waals surface area contributed by atoms with E-state index in [4.69, 9.17) is 11.6 Å². The number of rotatable bonds is 4. The molecule has 144 valence electrons. The van der Waals surface area contributed by atoms with Crippen LogP contribution in [0.25, 0.3) is 0 Å². The van der Waals surface area contributed by atoms with Crippen LogP contribution in [0.15, 0.2) is 48.8 Å². The van der Waals surface area contributed by atoms with Crippen LogP contribution in [-0.2, 0) is 16.8 Å². The number of nitrogens with one attached hydrogen (secondary N) is 1. The third-order valence-corrected chi connectivity index (χ3v) is 8.92. The first kappa shape index (κ1) is 17.0. The fourth-order valence-electron chi connectivity index (χ4n) is 7.89. The highest BCUT2D eigenvalue weighted by molar-refractivity contribution is 6.30. The Labute approximate surface area is 170 Å². The van der Waals surface area contributed by atoms with Gasteiger partial charge in [-0.3, -0.25) is 9.78 Å². The maximum atomic E-state index is 13.4. The van der Waals surface area contributed by atoms with Crippen LogP contribution in [0, 0.1) is 22.7 Å². The normalized spacial score (nSPS) is 39.5. The van der Waals surface area contributed by atoms with Crippen LogP contribution in [0.3, 0.4) is 0 Å². The van der Waals surface area contributed by atoms with Crippen molar-refractivity contribution in [2.24, 2.45) is 22.7 Å². The highest BCUT2D eigenvalue weighted by Crippen LogP contribution is 2.83. The number of hydrogen-bond acceptors (Lipinski definition) is 2. The molecule has 4 saturated carbocycles. The average Bonchev–Trinajstić information content (AvgIpc) is 3.01. The molecular formula is C24H25ClN2O. The van der Waals surface area contributed by atoms with Crippen molar-refractivity contribution in [2.45, 2.75) is 50.5 Å². The Balaban J connectivity index is 1.28. The first-order valence-corrected chi connectivity index (χ1v) is 10.9. The van der Waals surface area contributed by atoms with Gasteiger partial charge in [0, 0.05) is 29.4 Å². The Bertz CT molecular complexity index is 941. The zero-order chi connectivity index (χ0) is 19.0. The molecule has 1 aromatic heterocycles. The second-order valence-electron chi connectivity index (χ2n) is 9.82. The first-order chi connectivity index (χ1) is 13.6. The molecule has 4 aliphatic rings. The second kappa shape index (κ2) is 5.60. The Morgan fingerprint density at radius 3 is 2.61 bits per heavy atom. The van der Waals surface area contributed by atoms with E-state index in [1.807, 2.05) is 24.3 Å². The van der Waals surface area contributed by atoms with Crippen LogP contribution < -0.4 is 5.32 Å². The fourth-order valence-corrected chi connectivity index (χ4v) is 8.02. The van der Waals surface area contributed by atoms with E-state index in [1.54, 1.807) is 12.4 Å². The van der Waals surface area contributed by atoms with Crippen molar-refractivity contribution in [2.75, 3.05) is 0 Å². The largest absolute Gasteiger partial charge is 0.352 e. The summed E-state index contributed by atoms with van der Waals surface area (Å²) in [7, 11) is 0. The molecule has 5 atom stereocenters. The van der Waals surface area contributed by atoms with E-state index in [-0.39, 0.29) is 16.7 Å². The average molecular weight is 393 g/mol. The molecule has 6 rings (SSSR count). The quantitative estimate of drug-likeness (QED) is 0.804. The predicted molar refractivity (Wildman–Crippen MR) is 109 cm³/mol. The van der Waals surface area contributed by atoms with Crippen molar-refractivity contribution in [1.29, 1.82) is 0 Å². The standard InChI is InChI=1S/C24H25ClN2O/c25-20-3-1-18(2-4-20)23-10-17-9-22(12-19(13-23)24(23,11-17)15-22)21(28)27-14-16-5-7-26-8-6-16/h1-8,17,19H,9-15H2,(H,27,28). The van der Waals surface area contributed by atoms with Gasteiger partial charge in [0.05, 0.1) is 5.41 Å². The zero-order valence-electron chi connectivity index (χ0n) is 16.0. The minimum Gasteiger partial charge on any atom is -0.352 e. The second-order valence-corrected chi connectivity index (χ2v) is 10.3. The summed E-state index contributed by atoms with van der Waals surface area (Å²) in [5.74, 6) is 1.68. The Kier molecular flexibility index (Phi) is 3.40. The molecule has 5 unspecified atom stereocenters. The van der Waals surface area contributed by atoms with Crippen LogP contribution in [-0.4, -0.2) is 10.9 Å². The van der Waals surface area contributed by atoms with Gasteiger partial charge in [0.25, 0.3) is 0 Å². The highest BCUT2D eigenvalue weighted by atomic mass is 35.5. The molecule has 4 heteroatoms. The monoisotopic (exact) mass is 392 g/mol. The number of pyridine rings is 1. The summed E-state index contributed by atoms with van der Waals surface area (Å²) in [5.41, 5.74) is 3.07. The summed E-state index contributed by atoms with van der Waals surface area (Å²) >= 11 is 6.16. The number of carbonyl (C=O) groups is 1. The van der Waals surface area contributed by atoms with Crippen LogP contribution in [0.5, 0.6) is 0 Å². The summed E-state index contributed by atoms with van der Waals surface area (Å²) in [6.07, 6.45) is 10.6. The minimum atomic E-state index is -0.148. The number of hydrogen-bond donors (Lipinski definition) is 1. The lowest BCUT2D eigenvalue weighted by Gasteiger charge is -2.59. The number of benzene rings is 1. The maximum Gasteiger partial charge on any atom is 0.226 e. The summed E-state index contributed by atoms with van der Waals surface area (Å²) in [4.78, 5) is 17.4. The lowest BCUT2D eigenvalue weighted by Crippen LogP contribution is -2.55. The van der Waals surface area contributed by atoms with Gasteiger partial charge in [-0.2, -0.15) is 0 Å². The molecule has 0 radical (unpaired) electrons. The van der Waals surface area contributed by atoms with E-state index >= 15 is 0 Å². The van der Waals surface area contributed by atoms with Gasteiger partial charge in [-0.15, -0.1) is 0 Å². The van der Waals surface area contributed by atoms with Gasteiger partial charge in [0.1, 0.15) is 0 Å². The molecule has 3 bridgehead atoms. The molecule has 2 aromatic rings. The van der Waals surface area contributed by atoms with E-state index in [1.165, 1.54) is 24.8 Å². The Hall–Kier alpha value is -1.87. The van der Waals surface area contributed by atoms with Crippen molar-refractivity contribution in [1.82, 2.24) is 10.3 Å². The summed E-state index contributed by atoms with van der Waals surface area (Å²) in [6, 6.07) is 12.5. The molecule has 4 aliphatic carbocycles. The van der Waals surface area contributed by atoms with Crippen LogP contribution >= 0.6 is 11.6 Å². The van der Waals surface area contributed by atoms with Crippen molar-refractivity contribution in [3.8, 4) is 0 Å². The number of aromatic nitrogens is 1. The van der Waals surface area contributed by atoms with Gasteiger partial charge in [-0.05, 0) is 91.2 Å². The summed E-state index contributed by atoms with van der Waals surface area (Å²) in [5, 5.41) is 4.08. The molecule has 1 spiro atoms. The van der Waals surface area contributed by atoms with Gasteiger partial charge in [0.15, 0.2) is 0 Å². The third kappa shape index (κ3) is 2.06. The number of carbonyl (C=O) groups excluding carboxylic acids is 1. The smallest absolute Gasteiger partial charge is 0.226 e. The molecular weight excluding hydrogens is 368 g/mol. The van der Waals surface area contributed by atoms with E-state index < -0.39 is 0 Å². The van der Waals surface area contributed by atoms with Crippen LogP contribution in [0.1, 0.15) is 49.7 Å². The summed E-state index contributed by atoms with van der Waals surface area (Å²) in [6.45, 7) is 0.605. The highest BCUT2D eigenvalue weighted by Gasteiger charge is 2.78. The predicted octanol–water partition coefficient (Wildman–Crippen LogP) is 4.89. The number of amides is 1. The van der Waals surface area contributed by atoms with Crippen molar-refractivity contribution in [3.05, 3.63) is 64.9 Å². The van der Waals surface area contributed by atoms with Crippen molar-refractivity contribution in [3.63, 3.8) is 0 Å². The Morgan fingerprint density at radius 2 is 1.82 bits per heavy atom. The Morgan fingerprint density at radius 1 is 1.04 bits per heavy atom. The molecule has 4 fully saturated rings. The summed E-state index contributed by atoms with van der Waals surface area (Å²) < 4.78 is 0. The zero-order valence-corrected chi connectivity index (χ0v) is 16.7. The van der Waals surface area contributed by atoms with E-state index in [9.17, 15) is 4.79 Å². The molecule has 1 amide bonds. The van der Waals surface area contributed by atoms with E-state index in [0.717, 1.165) is 29.8 Å². The SMILES string of the molecule is O=C(NCc1ccncc1)C12CC3CC4(c5ccc(Cl)cc5)CC(C1)C4(C3)C2. The molecule has 1 aromatic carbocycles. The fraction of sp³-hybridized carbons (Fsp3) is 0.500. The lowest BCUT2D eigenvalue weighted by atomic mass is 9.44. The molecule has 1 N–H and O–H groups in total. The van der Waals surface area contributed by atoms with Gasteiger partial charge in [0.2, 0.25) is 5.91 Å². The van der Waals surface area contributed by atoms with E-state index in [0.29, 0.717) is 23.8 Å². The molecule has 0 saturated heterocycles. The number of nitrogens with zero attached hydrogens (tertiary/aromatic N) is 1. The molecule has 1 heterocycles. The minimum absolute atomic E-state index is 0.148. The third-order valence-electron chi connectivity index (χ3n) is 8.67. The lowest BCUT2D eigenvalue weighted by molar-refractivity contribution is -0.133. The molecule has 0 aliphatic heterocycles. The van der Waals surface area contributed by atoms with Gasteiger partial charge >= 0.3 is 0 Å². The molecule has 3 nitrogen and oxygen atoms in total. The molecule has 28 heavy (non-hydrogen) atoms.